The minimum atomic E-state index is -3.09. The van der Waals surface area contributed by atoms with Gasteiger partial charge in [-0.1, -0.05) is 204 Å². The fraction of sp³-hybridized carbons (Fsp3) is 0.864. The summed E-state index contributed by atoms with van der Waals surface area (Å²) in [5.74, 6) is -6.22. The quantitative estimate of drug-likeness (QED) is 0.0266. The van der Waals surface area contributed by atoms with E-state index in [9.17, 15) is 75.7 Å². The van der Waals surface area contributed by atoms with Crippen molar-refractivity contribution in [1.29, 1.82) is 0 Å². The van der Waals surface area contributed by atoms with Crippen molar-refractivity contribution in [3.8, 4) is 0 Å². The number of unbranched alkanes of at least 4 members (excludes halogenated alkanes) is 26. The first kappa shape index (κ1) is 80.2. The summed E-state index contributed by atoms with van der Waals surface area (Å²) in [6, 6.07) is -2.65. The Balaban J connectivity index is 1.62. The van der Waals surface area contributed by atoms with Crippen LogP contribution in [0.1, 0.15) is 226 Å². The molecular formula is C66H118N2O21. The van der Waals surface area contributed by atoms with Gasteiger partial charge in [0.1, 0.15) is 67.1 Å². The van der Waals surface area contributed by atoms with Gasteiger partial charge in [0.25, 0.3) is 5.79 Å². The van der Waals surface area contributed by atoms with Crippen LogP contribution in [0.3, 0.4) is 0 Å². The predicted molar refractivity (Wildman–Crippen MR) is 334 cm³/mol. The zero-order valence-electron chi connectivity index (χ0n) is 53.8. The van der Waals surface area contributed by atoms with E-state index >= 15 is 0 Å². The van der Waals surface area contributed by atoms with E-state index in [1.807, 2.05) is 18.2 Å². The molecule has 0 radical (unpaired) electrons. The number of aliphatic hydroxyl groups is 11. The molecule has 3 aliphatic heterocycles. The Kier molecular flexibility index (Phi) is 42.3. The van der Waals surface area contributed by atoms with Crippen molar-refractivity contribution in [2.24, 2.45) is 0 Å². The molecule has 0 aromatic rings. The average Bonchev–Trinajstić information content (AvgIpc) is 2.61. The van der Waals surface area contributed by atoms with Gasteiger partial charge in [0.05, 0.1) is 50.7 Å². The Hall–Kier alpha value is -3.05. The van der Waals surface area contributed by atoms with E-state index in [2.05, 4.69) is 36.6 Å². The van der Waals surface area contributed by atoms with Gasteiger partial charge in [-0.25, -0.2) is 4.79 Å². The van der Waals surface area contributed by atoms with Crippen LogP contribution in [-0.2, 0) is 42.8 Å². The number of allylic oxidation sites excluding steroid dienone is 5. The van der Waals surface area contributed by atoms with E-state index in [0.29, 0.717) is 12.8 Å². The minimum absolute atomic E-state index is 0.0933. The third-order valence-electron chi connectivity index (χ3n) is 17.1. The van der Waals surface area contributed by atoms with E-state index in [1.54, 1.807) is 6.08 Å². The molecule has 14 N–H and O–H groups in total. The molecule has 3 rings (SSSR count). The van der Waals surface area contributed by atoms with E-state index in [1.165, 1.54) is 141 Å². The van der Waals surface area contributed by atoms with Gasteiger partial charge in [-0.15, -0.1) is 0 Å². The van der Waals surface area contributed by atoms with Crippen molar-refractivity contribution < 1.29 is 104 Å². The topological polar surface area (TPSA) is 373 Å². The predicted octanol–water partition coefficient (Wildman–Crippen LogP) is 5.45. The maximum atomic E-state index is 13.4. The van der Waals surface area contributed by atoms with Gasteiger partial charge in [-0.2, -0.15) is 0 Å². The molecule has 18 atom stereocenters. The highest BCUT2D eigenvalue weighted by molar-refractivity contribution is 5.77. The Bertz CT molecular complexity index is 1950. The number of rotatable bonds is 50. The van der Waals surface area contributed by atoms with Crippen molar-refractivity contribution in [1.82, 2.24) is 10.6 Å². The van der Waals surface area contributed by atoms with Gasteiger partial charge in [-0.3, -0.25) is 9.59 Å². The molecule has 23 nitrogen and oxygen atoms in total. The lowest BCUT2D eigenvalue weighted by Gasteiger charge is -2.50. The summed E-state index contributed by atoms with van der Waals surface area (Å²) in [6.45, 7) is 2.07. The van der Waals surface area contributed by atoms with Crippen LogP contribution in [0, 0.1) is 0 Å². The minimum Gasteiger partial charge on any atom is -0.477 e. The van der Waals surface area contributed by atoms with Gasteiger partial charge in [-0.05, 0) is 38.5 Å². The molecule has 0 aliphatic carbocycles. The van der Waals surface area contributed by atoms with Gasteiger partial charge >= 0.3 is 5.97 Å². The lowest BCUT2D eigenvalue weighted by molar-refractivity contribution is -0.386. The molecule has 2 amide bonds. The Morgan fingerprint density at radius 1 is 0.596 bits per heavy atom. The van der Waals surface area contributed by atoms with Gasteiger partial charge in [0, 0.05) is 19.8 Å². The second-order valence-corrected chi connectivity index (χ2v) is 24.7. The molecule has 89 heavy (non-hydrogen) atoms. The van der Waals surface area contributed by atoms with E-state index in [-0.39, 0.29) is 12.3 Å². The molecule has 3 aliphatic rings. The lowest BCUT2D eigenvalue weighted by atomic mass is 9.88. The summed E-state index contributed by atoms with van der Waals surface area (Å²) >= 11 is 0. The summed E-state index contributed by atoms with van der Waals surface area (Å²) < 4.78 is 34.7. The van der Waals surface area contributed by atoms with Crippen molar-refractivity contribution >= 4 is 17.8 Å². The number of carbonyl (C=O) groups is 3. The van der Waals surface area contributed by atoms with Crippen LogP contribution in [0.25, 0.3) is 0 Å². The molecule has 0 aromatic heterocycles. The number of carbonyl (C=O) groups excluding carboxylic acids is 2. The summed E-state index contributed by atoms with van der Waals surface area (Å²) in [4.78, 5) is 38.4. The zero-order chi connectivity index (χ0) is 65.4. The number of hydrogen-bond acceptors (Lipinski definition) is 20. The summed E-state index contributed by atoms with van der Waals surface area (Å²) in [5, 5.41) is 136. The second kappa shape index (κ2) is 46.9. The zero-order valence-corrected chi connectivity index (χ0v) is 53.8. The number of hydrogen-bond donors (Lipinski definition) is 14. The first-order valence-corrected chi connectivity index (χ1v) is 33.9. The highest BCUT2D eigenvalue weighted by Gasteiger charge is 2.60. The van der Waals surface area contributed by atoms with Crippen LogP contribution in [0.4, 0.5) is 0 Å². The molecule has 3 fully saturated rings. The highest BCUT2D eigenvalue weighted by atomic mass is 16.8. The number of carboxylic acid groups (broad SMARTS) is 1. The molecule has 0 saturated carbocycles. The van der Waals surface area contributed by atoms with Gasteiger partial charge < -0.3 is 100 Å². The molecule has 3 heterocycles. The molecule has 0 aromatic carbocycles. The standard InChI is InChI=1S/C66H118N2O21/c1-4-6-8-10-12-14-16-18-19-20-21-22-23-24-25-26-28-29-31-33-35-37-39-48(73)47(68-53(76)40-38-36-34-32-30-27-17-15-13-11-9-7-5-2)45-84-63-58(80)57(79)60(52(44-71)86-63)87-64-59(81)62(56(78)51(43-70)85-64)89-66(65(82)83)41-49(74)54(67-46(3)72)61(88-66)55(77)50(75)42-69/h27,30,34,36-37,39,47-52,54-64,69-71,73-75,77-81H,4-26,28-29,31-33,35,38,40-45H2,1-3H3,(H,67,72)(H,68,76)(H,82,83)/b30-27-,36-34-,39-37+. The van der Waals surface area contributed by atoms with Crippen LogP contribution in [0.15, 0.2) is 36.5 Å². The summed E-state index contributed by atoms with van der Waals surface area (Å²) in [6.07, 6.45) is 17.9. The maximum Gasteiger partial charge on any atom is 0.364 e. The van der Waals surface area contributed by atoms with E-state index < -0.39 is 155 Å². The molecule has 518 valence electrons. The maximum absolute atomic E-state index is 13.4. The van der Waals surface area contributed by atoms with Crippen LogP contribution in [-0.4, -0.2) is 215 Å². The monoisotopic (exact) mass is 1270 g/mol. The first-order chi connectivity index (χ1) is 42.9. The van der Waals surface area contributed by atoms with Crippen molar-refractivity contribution in [2.75, 3.05) is 26.4 Å². The largest absolute Gasteiger partial charge is 0.477 e. The van der Waals surface area contributed by atoms with Crippen LogP contribution in [0.5, 0.6) is 0 Å². The fourth-order valence-corrected chi connectivity index (χ4v) is 11.6. The molecular weight excluding hydrogens is 1160 g/mol. The number of carboxylic acids is 1. The third kappa shape index (κ3) is 29.8. The number of aliphatic hydroxyl groups excluding tert-OH is 11. The molecule has 0 spiro atoms. The number of nitrogens with one attached hydrogen (secondary N) is 2. The van der Waals surface area contributed by atoms with Crippen LogP contribution < -0.4 is 10.6 Å². The number of aliphatic carboxylic acids is 1. The highest BCUT2D eigenvalue weighted by Crippen LogP contribution is 2.38. The van der Waals surface area contributed by atoms with E-state index in [0.717, 1.165) is 45.4 Å². The van der Waals surface area contributed by atoms with Crippen molar-refractivity contribution in [2.45, 2.75) is 336 Å². The van der Waals surface area contributed by atoms with Crippen LogP contribution in [0.2, 0.25) is 0 Å². The summed E-state index contributed by atoms with van der Waals surface area (Å²) in [7, 11) is 0. The first-order valence-electron chi connectivity index (χ1n) is 33.9. The summed E-state index contributed by atoms with van der Waals surface area (Å²) in [5.41, 5.74) is 0. The SMILES string of the molecule is CCCCCCCC/C=C\C/C=C\CCC(=O)NC(COC1OC(CO)C(OC2OC(CO)C(O)C(OC3(C(=O)O)CC(O)C(NC(C)=O)C(C(O)C(O)CO)O3)C2O)C(O)C1O)C(O)/C=C/CCCCCCCCCCCCCCCCCCCCCC. The Morgan fingerprint density at radius 2 is 1.09 bits per heavy atom. The molecule has 18 unspecified atom stereocenters. The van der Waals surface area contributed by atoms with E-state index in [4.69, 9.17) is 28.4 Å². The molecule has 0 bridgehead atoms. The molecule has 3 saturated heterocycles. The normalized spacial score (nSPS) is 29.0. The lowest BCUT2D eigenvalue weighted by Crippen LogP contribution is -2.70. The second-order valence-electron chi connectivity index (χ2n) is 24.7. The van der Waals surface area contributed by atoms with Crippen LogP contribution >= 0.6 is 0 Å². The average molecular weight is 1280 g/mol. The molecule has 23 heteroatoms. The number of amides is 2. The fourth-order valence-electron chi connectivity index (χ4n) is 11.6. The Labute approximate surface area is 529 Å². The van der Waals surface area contributed by atoms with Gasteiger partial charge in [0.2, 0.25) is 11.8 Å². The Morgan fingerprint density at radius 3 is 1.58 bits per heavy atom. The smallest absolute Gasteiger partial charge is 0.364 e. The van der Waals surface area contributed by atoms with Crippen molar-refractivity contribution in [3.63, 3.8) is 0 Å². The van der Waals surface area contributed by atoms with Gasteiger partial charge in [0.15, 0.2) is 12.6 Å². The van der Waals surface area contributed by atoms with Crippen molar-refractivity contribution in [3.05, 3.63) is 36.5 Å². The third-order valence-corrected chi connectivity index (χ3v) is 17.1. The number of ether oxygens (including phenoxy) is 6.